The summed E-state index contributed by atoms with van der Waals surface area (Å²) in [6, 6.07) is 0. The van der Waals surface area contributed by atoms with Gasteiger partial charge in [-0.25, -0.2) is 4.98 Å². The summed E-state index contributed by atoms with van der Waals surface area (Å²) in [4.78, 5) is 15.9. The van der Waals surface area contributed by atoms with Crippen molar-refractivity contribution in [2.75, 3.05) is 0 Å². The third kappa shape index (κ3) is 0.831. The van der Waals surface area contributed by atoms with Crippen LogP contribution in [0.25, 0.3) is 4.96 Å². The van der Waals surface area contributed by atoms with E-state index in [1.807, 2.05) is 5.38 Å². The second-order valence-electron chi connectivity index (χ2n) is 2.47. The van der Waals surface area contributed by atoms with Crippen molar-refractivity contribution in [3.63, 3.8) is 0 Å². The van der Waals surface area contributed by atoms with Crippen LogP contribution in [0, 0.1) is 6.92 Å². The number of hydrogen-bond donors (Lipinski definition) is 1. The molecule has 0 saturated heterocycles. The molecule has 2 heterocycles. The molecular formula is C7H7N3OS. The molecule has 2 rings (SSSR count). The monoisotopic (exact) mass is 181 g/mol. The van der Waals surface area contributed by atoms with Crippen molar-refractivity contribution in [1.29, 1.82) is 0 Å². The van der Waals surface area contributed by atoms with E-state index in [1.54, 1.807) is 17.5 Å². The van der Waals surface area contributed by atoms with Crippen molar-refractivity contribution in [2.45, 2.75) is 6.92 Å². The molecule has 0 aliphatic rings. The van der Waals surface area contributed by atoms with Crippen LogP contribution in [0.15, 0.2) is 11.6 Å². The fourth-order valence-electron chi connectivity index (χ4n) is 1.19. The summed E-state index contributed by atoms with van der Waals surface area (Å²) in [7, 11) is 0. The minimum Gasteiger partial charge on any atom is -0.364 e. The largest absolute Gasteiger partial charge is 0.364 e. The fraction of sp³-hybridized carbons (Fsp3) is 0.143. The molecule has 1 amide bonds. The number of nitrogens with zero attached hydrogens (tertiary/aromatic N) is 2. The number of fused-ring (bicyclic) bond motifs is 1. The lowest BCUT2D eigenvalue weighted by atomic mass is 10.3. The predicted molar refractivity (Wildman–Crippen MR) is 46.3 cm³/mol. The molecule has 0 fully saturated rings. The van der Waals surface area contributed by atoms with E-state index >= 15 is 0 Å². The molecule has 2 N–H and O–H groups in total. The van der Waals surface area contributed by atoms with Crippen LogP contribution in [0.3, 0.4) is 0 Å². The molecule has 2 aromatic heterocycles. The predicted octanol–water partition coefficient (Wildman–Crippen LogP) is 0.803. The van der Waals surface area contributed by atoms with E-state index in [4.69, 9.17) is 5.73 Å². The van der Waals surface area contributed by atoms with E-state index in [1.165, 1.54) is 11.3 Å². The zero-order valence-electron chi connectivity index (χ0n) is 6.44. The Labute approximate surface area is 72.6 Å². The van der Waals surface area contributed by atoms with Crippen molar-refractivity contribution in [3.05, 3.63) is 23.0 Å². The fourth-order valence-corrected chi connectivity index (χ4v) is 1.95. The number of nitrogens with two attached hydrogens (primary N) is 1. The van der Waals surface area contributed by atoms with E-state index in [-0.39, 0.29) is 0 Å². The average Bonchev–Trinajstić information content (AvgIpc) is 2.44. The number of primary amides is 1. The highest BCUT2D eigenvalue weighted by molar-refractivity contribution is 7.15. The summed E-state index contributed by atoms with van der Waals surface area (Å²) >= 11 is 1.48. The average molecular weight is 181 g/mol. The third-order valence-electron chi connectivity index (χ3n) is 1.67. The van der Waals surface area contributed by atoms with Gasteiger partial charge < -0.3 is 5.73 Å². The van der Waals surface area contributed by atoms with Gasteiger partial charge in [0, 0.05) is 11.6 Å². The molecule has 2 aromatic rings. The molecule has 0 aliphatic carbocycles. The van der Waals surface area contributed by atoms with Gasteiger partial charge in [0.1, 0.15) is 5.69 Å². The molecule has 0 aromatic carbocycles. The highest BCUT2D eigenvalue weighted by Crippen LogP contribution is 2.15. The first-order valence-electron chi connectivity index (χ1n) is 3.42. The Bertz CT molecular complexity index is 442. The Balaban J connectivity index is 2.84. The number of imidazole rings is 1. The second kappa shape index (κ2) is 2.31. The van der Waals surface area contributed by atoms with Gasteiger partial charge in [-0.2, -0.15) is 0 Å². The van der Waals surface area contributed by atoms with Gasteiger partial charge >= 0.3 is 0 Å². The zero-order valence-corrected chi connectivity index (χ0v) is 7.26. The summed E-state index contributed by atoms with van der Waals surface area (Å²) in [5.41, 5.74) is 6.36. The third-order valence-corrected chi connectivity index (χ3v) is 2.43. The Morgan fingerprint density at radius 1 is 1.75 bits per heavy atom. The number of carbonyl (C=O) groups is 1. The molecule has 0 bridgehead atoms. The number of amides is 1. The van der Waals surface area contributed by atoms with Crippen LogP contribution in [-0.4, -0.2) is 15.3 Å². The summed E-state index contributed by atoms with van der Waals surface area (Å²) in [5.74, 6) is -0.432. The first-order valence-corrected chi connectivity index (χ1v) is 4.30. The number of thiazole rings is 1. The van der Waals surface area contributed by atoms with E-state index in [9.17, 15) is 4.79 Å². The van der Waals surface area contributed by atoms with Crippen molar-refractivity contribution >= 4 is 22.2 Å². The molecule has 62 valence electrons. The number of rotatable bonds is 1. The van der Waals surface area contributed by atoms with Crippen LogP contribution in [0.5, 0.6) is 0 Å². The van der Waals surface area contributed by atoms with Gasteiger partial charge in [0.2, 0.25) is 0 Å². The molecule has 0 unspecified atom stereocenters. The Kier molecular flexibility index (Phi) is 1.41. The number of aryl methyl sites for hydroxylation is 1. The van der Waals surface area contributed by atoms with Gasteiger partial charge in [0.25, 0.3) is 5.91 Å². The summed E-state index contributed by atoms with van der Waals surface area (Å²) in [5, 5.41) is 1.87. The maximum Gasteiger partial charge on any atom is 0.267 e. The van der Waals surface area contributed by atoms with Crippen LogP contribution in [-0.2, 0) is 0 Å². The second-order valence-corrected chi connectivity index (χ2v) is 3.34. The minimum atomic E-state index is -0.432. The van der Waals surface area contributed by atoms with Gasteiger partial charge in [0.15, 0.2) is 4.96 Å². The molecule has 5 heteroatoms. The van der Waals surface area contributed by atoms with Crippen LogP contribution in [0.4, 0.5) is 0 Å². The lowest BCUT2D eigenvalue weighted by molar-refractivity contribution is 0.0994. The van der Waals surface area contributed by atoms with Crippen molar-refractivity contribution < 1.29 is 4.79 Å². The molecule has 0 spiro atoms. The lowest BCUT2D eigenvalue weighted by Crippen LogP contribution is -2.14. The Hall–Kier alpha value is -1.36. The Morgan fingerprint density at radius 2 is 2.50 bits per heavy atom. The van der Waals surface area contributed by atoms with Gasteiger partial charge in [-0.1, -0.05) is 0 Å². The molecule has 4 nitrogen and oxygen atoms in total. The lowest BCUT2D eigenvalue weighted by Gasteiger charge is -1.91. The maximum absolute atomic E-state index is 11.0. The summed E-state index contributed by atoms with van der Waals surface area (Å²) in [6.07, 6.45) is 1.79. The Morgan fingerprint density at radius 3 is 3.17 bits per heavy atom. The summed E-state index contributed by atoms with van der Waals surface area (Å²) in [6.45, 7) is 1.78. The molecule has 0 atom stereocenters. The van der Waals surface area contributed by atoms with Crippen LogP contribution < -0.4 is 5.73 Å². The van der Waals surface area contributed by atoms with Crippen molar-refractivity contribution in [3.8, 4) is 0 Å². The minimum absolute atomic E-state index is 0.432. The first kappa shape index (κ1) is 7.30. The van der Waals surface area contributed by atoms with Gasteiger partial charge in [0.05, 0.1) is 5.69 Å². The maximum atomic E-state index is 11.0. The normalized spacial score (nSPS) is 10.8. The number of carbonyl (C=O) groups excluding carboxylic acids is 1. The topological polar surface area (TPSA) is 60.4 Å². The van der Waals surface area contributed by atoms with E-state index in [2.05, 4.69) is 4.98 Å². The number of hydrogen-bond acceptors (Lipinski definition) is 3. The SMILES string of the molecule is Cc1nc2sccn2c1C(N)=O. The summed E-state index contributed by atoms with van der Waals surface area (Å²) < 4.78 is 1.71. The quantitative estimate of drug-likeness (QED) is 0.707. The standard InChI is InChI=1S/C7H7N3OS/c1-4-5(6(8)11)10-2-3-12-7(10)9-4/h2-3H,1H3,(H2,8,11). The van der Waals surface area contributed by atoms with E-state index < -0.39 is 5.91 Å². The number of aromatic nitrogens is 2. The van der Waals surface area contributed by atoms with E-state index in [0.717, 1.165) is 4.96 Å². The van der Waals surface area contributed by atoms with E-state index in [0.29, 0.717) is 11.4 Å². The van der Waals surface area contributed by atoms with Crippen molar-refractivity contribution in [2.24, 2.45) is 5.73 Å². The smallest absolute Gasteiger partial charge is 0.267 e. The molecule has 0 saturated carbocycles. The van der Waals surface area contributed by atoms with Gasteiger partial charge in [-0.15, -0.1) is 11.3 Å². The molecule has 12 heavy (non-hydrogen) atoms. The molecular weight excluding hydrogens is 174 g/mol. The van der Waals surface area contributed by atoms with Gasteiger partial charge in [-0.05, 0) is 6.92 Å². The van der Waals surface area contributed by atoms with Crippen LogP contribution in [0.2, 0.25) is 0 Å². The van der Waals surface area contributed by atoms with Crippen LogP contribution >= 0.6 is 11.3 Å². The zero-order chi connectivity index (χ0) is 8.72. The van der Waals surface area contributed by atoms with Crippen molar-refractivity contribution in [1.82, 2.24) is 9.38 Å². The van der Waals surface area contributed by atoms with Crippen LogP contribution in [0.1, 0.15) is 16.2 Å². The molecule has 0 radical (unpaired) electrons. The highest BCUT2D eigenvalue weighted by Gasteiger charge is 2.13. The molecule has 0 aliphatic heterocycles. The highest BCUT2D eigenvalue weighted by atomic mass is 32.1. The first-order chi connectivity index (χ1) is 5.70. The van der Waals surface area contributed by atoms with Gasteiger partial charge in [-0.3, -0.25) is 9.20 Å².